The summed E-state index contributed by atoms with van der Waals surface area (Å²) in [5.41, 5.74) is 9.28. The van der Waals surface area contributed by atoms with E-state index in [2.05, 4.69) is 63.2 Å². The van der Waals surface area contributed by atoms with Gasteiger partial charge in [0.2, 0.25) is 0 Å². The molecule has 8 heteroatoms. The minimum atomic E-state index is -0.352. The average molecular weight is 703 g/mol. The summed E-state index contributed by atoms with van der Waals surface area (Å²) in [7, 11) is 0. The van der Waals surface area contributed by atoms with Gasteiger partial charge in [0.1, 0.15) is 11.6 Å². The Morgan fingerprint density at radius 3 is 2.31 bits per heavy atom. The van der Waals surface area contributed by atoms with E-state index < -0.39 is 0 Å². The van der Waals surface area contributed by atoms with Gasteiger partial charge in [-0.2, -0.15) is 17.2 Å². The van der Waals surface area contributed by atoms with E-state index in [9.17, 15) is 4.39 Å². The van der Waals surface area contributed by atoms with Crippen molar-refractivity contribution >= 4 is 33.6 Å². The fourth-order valence-electron chi connectivity index (χ4n) is 6.10. The molecule has 226 valence electrons. The van der Waals surface area contributed by atoms with Gasteiger partial charge >= 0.3 is 20.4 Å². The fourth-order valence-corrected chi connectivity index (χ4v) is 6.69. The number of aromatic nitrogens is 4. The molecule has 0 aliphatic rings. The van der Waals surface area contributed by atoms with Crippen molar-refractivity contribution in [1.29, 1.82) is 0 Å². The van der Waals surface area contributed by atoms with E-state index in [1.807, 2.05) is 63.8 Å². The van der Waals surface area contributed by atoms with Crippen LogP contribution in [0.15, 0.2) is 90.0 Å². The van der Waals surface area contributed by atoms with Crippen molar-refractivity contribution in [3.05, 3.63) is 126 Å². The van der Waals surface area contributed by atoms with E-state index in [0.29, 0.717) is 17.3 Å². The first-order valence-corrected chi connectivity index (χ1v) is 15.5. The summed E-state index contributed by atoms with van der Waals surface area (Å²) in [6, 6.07) is 31.7. The Morgan fingerprint density at radius 2 is 1.56 bits per heavy atom. The van der Waals surface area contributed by atoms with Crippen LogP contribution in [0.2, 0.25) is 0 Å². The number of nitrogens with zero attached hydrogens (tertiary/aromatic N) is 4. The summed E-state index contributed by atoms with van der Waals surface area (Å²) in [6.45, 7) is 8.47. The van der Waals surface area contributed by atoms with Gasteiger partial charge in [-0.05, 0) is 86.0 Å². The maximum absolute atomic E-state index is 14.2. The zero-order valence-electron chi connectivity index (χ0n) is 25.4. The molecule has 3 aromatic heterocycles. The summed E-state index contributed by atoms with van der Waals surface area (Å²) in [5, 5.41) is 6.92. The summed E-state index contributed by atoms with van der Waals surface area (Å²) in [6.07, 6.45) is 3.57. The van der Waals surface area contributed by atoms with Crippen molar-refractivity contribution in [2.45, 2.75) is 32.6 Å². The molecule has 45 heavy (non-hydrogen) atoms. The molecule has 0 bridgehead atoms. The van der Waals surface area contributed by atoms with Gasteiger partial charge in [0.05, 0.1) is 5.69 Å². The van der Waals surface area contributed by atoms with E-state index in [1.54, 1.807) is 11.8 Å². The Kier molecular flexibility index (Phi) is 8.41. The van der Waals surface area contributed by atoms with Gasteiger partial charge in [-0.1, -0.05) is 23.7 Å². The molecule has 7 rings (SSSR count). The van der Waals surface area contributed by atoms with Crippen molar-refractivity contribution in [2.75, 3.05) is 6.26 Å². The maximum Gasteiger partial charge on any atom is 2.00 e. The predicted molar refractivity (Wildman–Crippen MR) is 176 cm³/mol. The fraction of sp³-hybridized carbons (Fsp3) is 0.135. The molecular formula is C37H29FN4OPdS. The number of thioether (sulfide) groups is 1. The van der Waals surface area contributed by atoms with Gasteiger partial charge in [-0.3, -0.25) is 4.68 Å². The molecular weight excluding hydrogens is 674 g/mol. The number of halogens is 1. The Hall–Kier alpha value is -4.22. The zero-order chi connectivity index (χ0) is 30.5. The number of ether oxygens (including phenoxy) is 1. The molecule has 0 fully saturated rings. The number of pyridine rings is 1. The van der Waals surface area contributed by atoms with Crippen LogP contribution in [0.5, 0.6) is 11.5 Å². The van der Waals surface area contributed by atoms with Crippen LogP contribution in [-0.4, -0.2) is 25.6 Å². The molecule has 0 unspecified atom stereocenters. The summed E-state index contributed by atoms with van der Waals surface area (Å²) in [5.74, 6) is 1.18. The SMILES string of the molecule is CSc1cc(C)c(-c2c(C)nn(-c3[c-]c(Oc4[c-]c5c(cc4)c4ccccc4n5-c4cc(F)ccn4)ccc3)c2C)c(C)c1.[Pd+2]. The Morgan fingerprint density at radius 1 is 0.800 bits per heavy atom. The van der Waals surface area contributed by atoms with E-state index in [0.717, 1.165) is 44.4 Å². The van der Waals surface area contributed by atoms with Crippen LogP contribution >= 0.6 is 11.8 Å². The van der Waals surface area contributed by atoms with E-state index >= 15 is 0 Å². The van der Waals surface area contributed by atoms with Crippen molar-refractivity contribution in [3.63, 3.8) is 0 Å². The summed E-state index contributed by atoms with van der Waals surface area (Å²) in [4.78, 5) is 5.70. The molecule has 0 radical (unpaired) electrons. The molecule has 0 saturated heterocycles. The second-order valence-electron chi connectivity index (χ2n) is 10.9. The molecule has 5 nitrogen and oxygen atoms in total. The van der Waals surface area contributed by atoms with Gasteiger partial charge in [0, 0.05) is 45.4 Å². The Labute approximate surface area is 279 Å². The molecule has 0 aliphatic carbocycles. The number of aryl methyl sites for hydroxylation is 3. The molecule has 0 aliphatic heterocycles. The zero-order valence-corrected chi connectivity index (χ0v) is 27.8. The van der Waals surface area contributed by atoms with Crippen LogP contribution in [0.25, 0.3) is 44.4 Å². The van der Waals surface area contributed by atoms with Crippen molar-refractivity contribution in [2.24, 2.45) is 0 Å². The Bertz CT molecular complexity index is 2200. The largest absolute Gasteiger partial charge is 2.00 e. The second kappa shape index (κ2) is 12.3. The van der Waals surface area contributed by atoms with E-state index in [-0.39, 0.29) is 26.2 Å². The molecule has 7 aromatic rings. The minimum Gasteiger partial charge on any atom is -0.509 e. The van der Waals surface area contributed by atoms with Crippen LogP contribution < -0.4 is 4.74 Å². The van der Waals surface area contributed by atoms with Crippen molar-refractivity contribution in [3.8, 4) is 34.1 Å². The van der Waals surface area contributed by atoms with Gasteiger partial charge < -0.3 is 9.30 Å². The molecule has 0 amide bonds. The standard InChI is InChI=1S/C37H29FN4OS.Pd/c1-22-17-30(44-5)18-23(2)36(22)37-24(3)40-42(25(37)4)27-9-8-10-28(20-27)43-29-13-14-32-31-11-6-7-12-33(31)41(34(32)21-29)35-19-26(38)15-16-39-35;/h6-19H,1-5H3;/q-2;+2. The van der Waals surface area contributed by atoms with Gasteiger partial charge in [0.25, 0.3) is 0 Å². The number of fused-ring (bicyclic) bond motifs is 3. The smallest absolute Gasteiger partial charge is 0.509 e. The van der Waals surface area contributed by atoms with Gasteiger partial charge in [0.15, 0.2) is 0 Å². The molecule has 0 atom stereocenters. The number of benzene rings is 4. The van der Waals surface area contributed by atoms with Crippen LogP contribution in [0.4, 0.5) is 4.39 Å². The first-order valence-electron chi connectivity index (χ1n) is 14.3. The topological polar surface area (TPSA) is 44.9 Å². The average Bonchev–Trinajstić information content (AvgIpc) is 3.50. The summed E-state index contributed by atoms with van der Waals surface area (Å²) >= 11 is 1.75. The number of rotatable bonds is 6. The van der Waals surface area contributed by atoms with Crippen LogP contribution in [0.1, 0.15) is 22.5 Å². The van der Waals surface area contributed by atoms with Crippen LogP contribution in [0, 0.1) is 45.6 Å². The number of para-hydroxylation sites is 1. The summed E-state index contributed by atoms with van der Waals surface area (Å²) < 4.78 is 24.4. The van der Waals surface area contributed by atoms with Crippen molar-refractivity contribution < 1.29 is 29.6 Å². The van der Waals surface area contributed by atoms with Crippen molar-refractivity contribution in [1.82, 2.24) is 19.3 Å². The van der Waals surface area contributed by atoms with E-state index in [4.69, 9.17) is 9.84 Å². The molecule has 3 heterocycles. The third-order valence-electron chi connectivity index (χ3n) is 7.98. The predicted octanol–water partition coefficient (Wildman–Crippen LogP) is 9.52. The second-order valence-corrected chi connectivity index (χ2v) is 11.7. The molecule has 0 spiro atoms. The Balaban J connectivity index is 0.00000357. The maximum atomic E-state index is 14.2. The first kappa shape index (κ1) is 30.8. The quantitative estimate of drug-likeness (QED) is 0.0984. The van der Waals surface area contributed by atoms with Crippen LogP contribution in [0.3, 0.4) is 0 Å². The van der Waals surface area contributed by atoms with Gasteiger partial charge in [-0.15, -0.1) is 47.5 Å². The first-order chi connectivity index (χ1) is 21.3. The molecule has 0 saturated carbocycles. The number of hydrogen-bond donors (Lipinski definition) is 0. The minimum absolute atomic E-state index is 0. The van der Waals surface area contributed by atoms with E-state index in [1.165, 1.54) is 39.9 Å². The van der Waals surface area contributed by atoms with Crippen LogP contribution in [-0.2, 0) is 20.4 Å². The normalized spacial score (nSPS) is 11.2. The molecule has 4 aromatic carbocycles. The third kappa shape index (κ3) is 5.48. The third-order valence-corrected chi connectivity index (χ3v) is 8.68. The molecule has 0 N–H and O–H groups in total. The monoisotopic (exact) mass is 702 g/mol. The number of hydrogen-bond acceptors (Lipinski definition) is 4. The van der Waals surface area contributed by atoms with Gasteiger partial charge in [-0.25, -0.2) is 9.37 Å².